The second-order valence-corrected chi connectivity index (χ2v) is 5.33. The molecule has 1 rings (SSSR count). The maximum atomic E-state index is 12.4. The lowest BCUT2D eigenvalue weighted by Crippen LogP contribution is -2.41. The third kappa shape index (κ3) is 2.77. The highest BCUT2D eigenvalue weighted by atomic mass is 79.9. The van der Waals surface area contributed by atoms with Crippen LogP contribution in [0.15, 0.2) is 0 Å². The molecule has 1 fully saturated rings. The first kappa shape index (κ1) is 14.0. The average molecular weight is 292 g/mol. The van der Waals surface area contributed by atoms with Gasteiger partial charge in [0.2, 0.25) is 5.91 Å². The Bertz CT molecular complexity index is 247. The van der Waals surface area contributed by atoms with E-state index in [2.05, 4.69) is 29.8 Å². The Morgan fingerprint density at radius 3 is 2.31 bits per heavy atom. The normalized spacial score (nSPS) is 34.1. The summed E-state index contributed by atoms with van der Waals surface area (Å²) in [5.74, 6) is 0.576. The smallest absolute Gasteiger partial charge is 0.228 e. The Morgan fingerprint density at radius 2 is 1.94 bits per heavy atom. The second-order valence-electron chi connectivity index (χ2n) is 4.54. The van der Waals surface area contributed by atoms with Gasteiger partial charge in [0.25, 0.3) is 0 Å². The molecule has 16 heavy (non-hydrogen) atoms. The van der Waals surface area contributed by atoms with E-state index >= 15 is 0 Å². The van der Waals surface area contributed by atoms with Crippen molar-refractivity contribution in [3.05, 3.63) is 0 Å². The number of carbonyl (C=O) groups is 1. The molecule has 4 heteroatoms. The standard InChI is InChI=1S/C12H22BrNO2/c1-5-14(7-6-13)12(15)11-8(2)9(3)16-10(11)4/h8-11H,5-7H2,1-4H3. The number of ether oxygens (including phenoxy) is 1. The van der Waals surface area contributed by atoms with Crippen LogP contribution >= 0.6 is 15.9 Å². The monoisotopic (exact) mass is 291 g/mol. The Kier molecular flexibility index (Phi) is 5.25. The summed E-state index contributed by atoms with van der Waals surface area (Å²) in [6, 6.07) is 0. The zero-order chi connectivity index (χ0) is 12.3. The number of hydrogen-bond donors (Lipinski definition) is 0. The molecule has 3 nitrogen and oxygen atoms in total. The Balaban J connectivity index is 2.71. The third-order valence-corrected chi connectivity index (χ3v) is 3.93. The van der Waals surface area contributed by atoms with Crippen LogP contribution in [0.1, 0.15) is 27.7 Å². The summed E-state index contributed by atoms with van der Waals surface area (Å²) in [5.41, 5.74) is 0. The fraction of sp³-hybridized carbons (Fsp3) is 0.917. The summed E-state index contributed by atoms with van der Waals surface area (Å²) in [6.45, 7) is 9.74. The van der Waals surface area contributed by atoms with Crippen LogP contribution in [0, 0.1) is 11.8 Å². The van der Waals surface area contributed by atoms with Gasteiger partial charge in [0.15, 0.2) is 0 Å². The van der Waals surface area contributed by atoms with Crippen molar-refractivity contribution in [2.45, 2.75) is 39.9 Å². The predicted octanol–water partition coefficient (Wildman–Crippen LogP) is 2.29. The lowest BCUT2D eigenvalue weighted by molar-refractivity contribution is -0.137. The molecule has 1 heterocycles. The molecule has 1 saturated heterocycles. The molecule has 0 aromatic rings. The fourth-order valence-electron chi connectivity index (χ4n) is 2.43. The summed E-state index contributed by atoms with van der Waals surface area (Å²) in [7, 11) is 0. The lowest BCUT2D eigenvalue weighted by Gasteiger charge is -2.26. The van der Waals surface area contributed by atoms with Gasteiger partial charge in [0.1, 0.15) is 0 Å². The summed E-state index contributed by atoms with van der Waals surface area (Å²) < 4.78 is 5.72. The van der Waals surface area contributed by atoms with E-state index in [1.165, 1.54) is 0 Å². The number of rotatable bonds is 4. The SMILES string of the molecule is CCN(CCBr)C(=O)C1C(C)OC(C)C1C. The quantitative estimate of drug-likeness (QED) is 0.744. The van der Waals surface area contributed by atoms with E-state index in [9.17, 15) is 4.79 Å². The zero-order valence-electron chi connectivity index (χ0n) is 10.6. The number of nitrogens with zero attached hydrogens (tertiary/aromatic N) is 1. The van der Waals surface area contributed by atoms with Crippen molar-refractivity contribution in [3.8, 4) is 0 Å². The van der Waals surface area contributed by atoms with Gasteiger partial charge in [-0.1, -0.05) is 22.9 Å². The molecular weight excluding hydrogens is 270 g/mol. The van der Waals surface area contributed by atoms with E-state index in [0.29, 0.717) is 5.92 Å². The van der Waals surface area contributed by atoms with Gasteiger partial charge < -0.3 is 9.64 Å². The van der Waals surface area contributed by atoms with E-state index in [0.717, 1.165) is 18.4 Å². The van der Waals surface area contributed by atoms with Crippen molar-refractivity contribution in [2.75, 3.05) is 18.4 Å². The zero-order valence-corrected chi connectivity index (χ0v) is 12.2. The number of amides is 1. The highest BCUT2D eigenvalue weighted by Gasteiger charge is 2.42. The maximum Gasteiger partial charge on any atom is 0.228 e. The molecule has 4 unspecified atom stereocenters. The Morgan fingerprint density at radius 1 is 1.31 bits per heavy atom. The molecule has 0 aliphatic carbocycles. The van der Waals surface area contributed by atoms with Gasteiger partial charge in [-0.3, -0.25) is 4.79 Å². The molecule has 0 saturated carbocycles. The molecule has 0 N–H and O–H groups in total. The number of carbonyl (C=O) groups excluding carboxylic acids is 1. The molecule has 0 bridgehead atoms. The van der Waals surface area contributed by atoms with Gasteiger partial charge >= 0.3 is 0 Å². The van der Waals surface area contributed by atoms with Crippen molar-refractivity contribution < 1.29 is 9.53 Å². The number of halogens is 1. The molecule has 0 radical (unpaired) electrons. The highest BCUT2D eigenvalue weighted by Crippen LogP contribution is 2.33. The minimum Gasteiger partial charge on any atom is -0.374 e. The third-order valence-electron chi connectivity index (χ3n) is 3.57. The van der Waals surface area contributed by atoms with Crippen LogP contribution in [0.2, 0.25) is 0 Å². The maximum absolute atomic E-state index is 12.4. The van der Waals surface area contributed by atoms with Crippen molar-refractivity contribution >= 4 is 21.8 Å². The van der Waals surface area contributed by atoms with Crippen LogP contribution in [-0.2, 0) is 9.53 Å². The van der Waals surface area contributed by atoms with Crippen LogP contribution in [0.4, 0.5) is 0 Å². The van der Waals surface area contributed by atoms with Gasteiger partial charge in [0, 0.05) is 18.4 Å². The summed E-state index contributed by atoms with van der Waals surface area (Å²) >= 11 is 3.38. The Hall–Kier alpha value is -0.0900. The molecule has 0 spiro atoms. The molecule has 1 aliphatic heterocycles. The van der Waals surface area contributed by atoms with Crippen molar-refractivity contribution in [2.24, 2.45) is 11.8 Å². The van der Waals surface area contributed by atoms with Gasteiger partial charge in [-0.15, -0.1) is 0 Å². The van der Waals surface area contributed by atoms with Gasteiger partial charge in [-0.2, -0.15) is 0 Å². The van der Waals surface area contributed by atoms with Gasteiger partial charge in [-0.25, -0.2) is 0 Å². The lowest BCUT2D eigenvalue weighted by atomic mass is 9.88. The van der Waals surface area contributed by atoms with Crippen LogP contribution in [0.3, 0.4) is 0 Å². The minimum absolute atomic E-state index is 0.0222. The minimum atomic E-state index is 0.0222. The van der Waals surface area contributed by atoms with Gasteiger partial charge in [0.05, 0.1) is 18.1 Å². The first-order valence-electron chi connectivity index (χ1n) is 6.03. The number of alkyl halides is 1. The highest BCUT2D eigenvalue weighted by molar-refractivity contribution is 9.09. The summed E-state index contributed by atoms with van der Waals surface area (Å²) in [6.07, 6.45) is 0.230. The average Bonchev–Trinajstić information content (AvgIpc) is 2.49. The van der Waals surface area contributed by atoms with E-state index in [4.69, 9.17) is 4.74 Å². The van der Waals surface area contributed by atoms with E-state index in [1.807, 2.05) is 18.7 Å². The van der Waals surface area contributed by atoms with E-state index in [1.54, 1.807) is 0 Å². The second kappa shape index (κ2) is 6.01. The van der Waals surface area contributed by atoms with Crippen LogP contribution < -0.4 is 0 Å². The van der Waals surface area contributed by atoms with Crippen molar-refractivity contribution in [1.82, 2.24) is 4.90 Å². The van der Waals surface area contributed by atoms with Crippen LogP contribution in [0.5, 0.6) is 0 Å². The first-order chi connectivity index (χ1) is 7.52. The fourth-order valence-corrected chi connectivity index (χ4v) is 2.86. The topological polar surface area (TPSA) is 29.5 Å². The molecule has 1 aliphatic rings. The van der Waals surface area contributed by atoms with Crippen LogP contribution in [0.25, 0.3) is 0 Å². The molecule has 1 amide bonds. The van der Waals surface area contributed by atoms with E-state index < -0.39 is 0 Å². The van der Waals surface area contributed by atoms with Gasteiger partial charge in [-0.05, 0) is 26.7 Å². The van der Waals surface area contributed by atoms with Crippen LogP contribution in [-0.4, -0.2) is 41.4 Å². The van der Waals surface area contributed by atoms with Crippen molar-refractivity contribution in [3.63, 3.8) is 0 Å². The largest absolute Gasteiger partial charge is 0.374 e. The summed E-state index contributed by atoms with van der Waals surface area (Å²) in [5, 5.41) is 0.832. The predicted molar refractivity (Wildman–Crippen MR) is 68.7 cm³/mol. The molecular formula is C12H22BrNO2. The van der Waals surface area contributed by atoms with E-state index in [-0.39, 0.29) is 24.0 Å². The summed E-state index contributed by atoms with van der Waals surface area (Å²) in [4.78, 5) is 14.3. The molecule has 0 aromatic carbocycles. The first-order valence-corrected chi connectivity index (χ1v) is 7.15. The molecule has 0 aromatic heterocycles. The van der Waals surface area contributed by atoms with Crippen molar-refractivity contribution in [1.29, 1.82) is 0 Å². The molecule has 94 valence electrons. The Labute approximate surface area is 107 Å². The number of hydrogen-bond acceptors (Lipinski definition) is 2. The molecule has 4 atom stereocenters.